The van der Waals surface area contributed by atoms with Gasteiger partial charge in [0.15, 0.2) is 0 Å². The van der Waals surface area contributed by atoms with E-state index in [-0.39, 0.29) is 0 Å². The minimum absolute atomic E-state index is 1.11. The Bertz CT molecular complexity index is 213. The molecule has 0 aliphatic heterocycles. The van der Waals surface area contributed by atoms with Crippen LogP contribution in [-0.4, -0.2) is 0 Å². The average Bonchev–Trinajstić information content (AvgIpc) is 2.75. The summed E-state index contributed by atoms with van der Waals surface area (Å²) in [6.07, 6.45) is 13.9. The standard InChI is InChI=1S/C14H24O/c1-2-3-4-5-6-7-8-9-11-14-12-10-13-15-14/h10,12-13H,2-9,11H2,1H3. The topological polar surface area (TPSA) is 13.1 Å². The van der Waals surface area contributed by atoms with Crippen molar-refractivity contribution in [3.8, 4) is 0 Å². The van der Waals surface area contributed by atoms with E-state index >= 15 is 0 Å². The van der Waals surface area contributed by atoms with Gasteiger partial charge in [-0.25, -0.2) is 0 Å². The van der Waals surface area contributed by atoms with E-state index in [9.17, 15) is 0 Å². The van der Waals surface area contributed by atoms with E-state index in [4.69, 9.17) is 4.42 Å². The monoisotopic (exact) mass is 208 g/mol. The van der Waals surface area contributed by atoms with Crippen LogP contribution < -0.4 is 0 Å². The maximum absolute atomic E-state index is 5.29. The molecule has 1 nitrogen and oxygen atoms in total. The van der Waals surface area contributed by atoms with Gasteiger partial charge in [-0.2, -0.15) is 0 Å². The van der Waals surface area contributed by atoms with Crippen LogP contribution in [0, 0.1) is 0 Å². The van der Waals surface area contributed by atoms with E-state index in [2.05, 4.69) is 13.0 Å². The van der Waals surface area contributed by atoms with Crippen LogP contribution in [0.1, 0.15) is 64.1 Å². The quantitative estimate of drug-likeness (QED) is 0.523. The minimum Gasteiger partial charge on any atom is -0.469 e. The Hall–Kier alpha value is -0.720. The predicted molar refractivity (Wildman–Crippen MR) is 65.0 cm³/mol. The van der Waals surface area contributed by atoms with Crippen molar-refractivity contribution in [1.82, 2.24) is 0 Å². The summed E-state index contributed by atoms with van der Waals surface area (Å²) in [5, 5.41) is 0. The fraction of sp³-hybridized carbons (Fsp3) is 0.714. The Balaban J connectivity index is 1.81. The molecule has 1 aromatic rings. The molecular formula is C14H24O. The van der Waals surface area contributed by atoms with Crippen molar-refractivity contribution >= 4 is 0 Å². The van der Waals surface area contributed by atoms with E-state index in [0.29, 0.717) is 0 Å². The number of furan rings is 1. The molecule has 0 spiro atoms. The highest BCUT2D eigenvalue weighted by molar-refractivity contribution is 4.97. The van der Waals surface area contributed by atoms with E-state index < -0.39 is 0 Å². The summed E-state index contributed by atoms with van der Waals surface area (Å²) in [5.74, 6) is 1.14. The van der Waals surface area contributed by atoms with Gasteiger partial charge >= 0.3 is 0 Å². The summed E-state index contributed by atoms with van der Waals surface area (Å²) in [4.78, 5) is 0. The molecule has 0 fully saturated rings. The molecule has 0 unspecified atom stereocenters. The van der Waals surface area contributed by atoms with Gasteiger partial charge in [0.2, 0.25) is 0 Å². The highest BCUT2D eigenvalue weighted by Crippen LogP contribution is 2.11. The van der Waals surface area contributed by atoms with Gasteiger partial charge < -0.3 is 4.42 Å². The second-order valence-corrected chi connectivity index (χ2v) is 4.30. The third-order valence-corrected chi connectivity index (χ3v) is 2.86. The average molecular weight is 208 g/mol. The smallest absolute Gasteiger partial charge is 0.103 e. The second kappa shape index (κ2) is 8.58. The molecule has 0 bridgehead atoms. The molecule has 0 aliphatic carbocycles. The fourth-order valence-corrected chi connectivity index (χ4v) is 1.89. The second-order valence-electron chi connectivity index (χ2n) is 4.30. The summed E-state index contributed by atoms with van der Waals surface area (Å²) in [7, 11) is 0. The van der Waals surface area contributed by atoms with Crippen LogP contribution >= 0.6 is 0 Å². The van der Waals surface area contributed by atoms with Crippen LogP contribution in [0.5, 0.6) is 0 Å². The summed E-state index contributed by atoms with van der Waals surface area (Å²) in [6, 6.07) is 4.04. The van der Waals surface area contributed by atoms with Crippen molar-refractivity contribution in [3.05, 3.63) is 24.2 Å². The van der Waals surface area contributed by atoms with Crippen molar-refractivity contribution in [1.29, 1.82) is 0 Å². The SMILES string of the molecule is CCCCCCCCCCc1ccco1. The summed E-state index contributed by atoms with van der Waals surface area (Å²) < 4.78 is 5.29. The van der Waals surface area contributed by atoms with Gasteiger partial charge in [-0.05, 0) is 18.6 Å². The highest BCUT2D eigenvalue weighted by Gasteiger charge is 1.95. The molecule has 15 heavy (non-hydrogen) atoms. The Morgan fingerprint density at radius 3 is 2.20 bits per heavy atom. The first-order valence-electron chi connectivity index (χ1n) is 6.46. The van der Waals surface area contributed by atoms with E-state index in [1.54, 1.807) is 6.26 Å². The van der Waals surface area contributed by atoms with Gasteiger partial charge in [0, 0.05) is 6.42 Å². The third-order valence-electron chi connectivity index (χ3n) is 2.86. The number of hydrogen-bond donors (Lipinski definition) is 0. The minimum atomic E-state index is 1.11. The Morgan fingerprint density at radius 2 is 1.60 bits per heavy atom. The lowest BCUT2D eigenvalue weighted by atomic mass is 10.1. The summed E-state index contributed by atoms with van der Waals surface area (Å²) in [6.45, 7) is 2.27. The first-order chi connectivity index (χ1) is 7.43. The van der Waals surface area contributed by atoms with Crippen LogP contribution in [0.4, 0.5) is 0 Å². The number of rotatable bonds is 9. The molecule has 1 heteroatoms. The van der Waals surface area contributed by atoms with Gasteiger partial charge in [0.1, 0.15) is 5.76 Å². The lowest BCUT2D eigenvalue weighted by Crippen LogP contribution is -1.84. The largest absolute Gasteiger partial charge is 0.469 e. The molecule has 0 aromatic carbocycles. The normalized spacial score (nSPS) is 10.7. The Morgan fingerprint density at radius 1 is 0.933 bits per heavy atom. The van der Waals surface area contributed by atoms with Crippen LogP contribution in [0.2, 0.25) is 0 Å². The van der Waals surface area contributed by atoms with Crippen molar-refractivity contribution in [2.45, 2.75) is 64.7 Å². The molecule has 0 N–H and O–H groups in total. The molecule has 1 rings (SSSR count). The van der Waals surface area contributed by atoms with Gasteiger partial charge in [-0.15, -0.1) is 0 Å². The fourth-order valence-electron chi connectivity index (χ4n) is 1.89. The first-order valence-corrected chi connectivity index (χ1v) is 6.46. The Labute approximate surface area is 93.9 Å². The zero-order valence-corrected chi connectivity index (χ0v) is 10.0. The van der Waals surface area contributed by atoms with Crippen molar-refractivity contribution in [2.75, 3.05) is 0 Å². The zero-order chi connectivity index (χ0) is 10.8. The van der Waals surface area contributed by atoms with E-state index in [1.165, 1.54) is 51.4 Å². The summed E-state index contributed by atoms with van der Waals surface area (Å²) in [5.41, 5.74) is 0. The predicted octanol–water partition coefficient (Wildman–Crippen LogP) is 4.96. The van der Waals surface area contributed by atoms with Crippen molar-refractivity contribution in [2.24, 2.45) is 0 Å². The maximum atomic E-state index is 5.29. The first kappa shape index (κ1) is 12.4. The van der Waals surface area contributed by atoms with Crippen molar-refractivity contribution in [3.63, 3.8) is 0 Å². The lowest BCUT2D eigenvalue weighted by Gasteiger charge is -2.00. The third kappa shape index (κ3) is 6.38. The van der Waals surface area contributed by atoms with Crippen LogP contribution in [-0.2, 0) is 6.42 Å². The van der Waals surface area contributed by atoms with Crippen LogP contribution in [0.25, 0.3) is 0 Å². The van der Waals surface area contributed by atoms with E-state index in [0.717, 1.165) is 12.2 Å². The molecule has 0 amide bonds. The molecule has 0 saturated heterocycles. The number of hydrogen-bond acceptors (Lipinski definition) is 1. The van der Waals surface area contributed by atoms with Gasteiger partial charge in [-0.3, -0.25) is 0 Å². The number of unbranched alkanes of at least 4 members (excludes halogenated alkanes) is 7. The molecule has 1 heterocycles. The molecule has 86 valence electrons. The lowest BCUT2D eigenvalue weighted by molar-refractivity contribution is 0.490. The molecular weight excluding hydrogens is 184 g/mol. The summed E-state index contributed by atoms with van der Waals surface area (Å²) >= 11 is 0. The highest BCUT2D eigenvalue weighted by atomic mass is 16.3. The molecule has 0 atom stereocenters. The Kier molecular flexibility index (Phi) is 7.06. The molecule has 0 saturated carbocycles. The van der Waals surface area contributed by atoms with E-state index in [1.807, 2.05) is 6.07 Å². The van der Waals surface area contributed by atoms with Gasteiger partial charge in [0.25, 0.3) is 0 Å². The number of aryl methyl sites for hydroxylation is 1. The molecule has 1 aromatic heterocycles. The van der Waals surface area contributed by atoms with Gasteiger partial charge in [-0.1, -0.05) is 51.9 Å². The molecule has 0 aliphatic rings. The van der Waals surface area contributed by atoms with Crippen LogP contribution in [0.15, 0.2) is 22.8 Å². The zero-order valence-electron chi connectivity index (χ0n) is 10.0. The maximum Gasteiger partial charge on any atom is 0.103 e. The van der Waals surface area contributed by atoms with Gasteiger partial charge in [0.05, 0.1) is 6.26 Å². The molecule has 0 radical (unpaired) electrons. The van der Waals surface area contributed by atoms with Crippen molar-refractivity contribution < 1.29 is 4.42 Å². The van der Waals surface area contributed by atoms with Crippen LogP contribution in [0.3, 0.4) is 0 Å².